The standard InChI is InChI=1S/C19H19N3O4/c1-24-14-5-6-16-13(10-14)11-17(26-16)18(23)22-9-2-4-15(12-22)25-19-20-7-3-8-21-19/h3,5-8,10-11,15H,2,4,9,12H2,1H3. The molecule has 1 aliphatic heterocycles. The molecule has 7 heteroatoms. The van der Waals surface area contributed by atoms with Gasteiger partial charge in [-0.3, -0.25) is 4.79 Å². The highest BCUT2D eigenvalue weighted by molar-refractivity contribution is 5.96. The van der Waals surface area contributed by atoms with Crippen molar-refractivity contribution in [1.82, 2.24) is 14.9 Å². The summed E-state index contributed by atoms with van der Waals surface area (Å²) in [5.74, 6) is 0.916. The van der Waals surface area contributed by atoms with E-state index in [9.17, 15) is 4.79 Å². The molecule has 4 rings (SSSR count). The maximum absolute atomic E-state index is 12.8. The topological polar surface area (TPSA) is 77.7 Å². The summed E-state index contributed by atoms with van der Waals surface area (Å²) in [7, 11) is 1.61. The average Bonchev–Trinajstić information content (AvgIpc) is 3.11. The Morgan fingerprint density at radius 2 is 2.12 bits per heavy atom. The Hall–Kier alpha value is -3.09. The fourth-order valence-electron chi connectivity index (χ4n) is 3.12. The lowest BCUT2D eigenvalue weighted by atomic mass is 10.1. The zero-order valence-corrected chi connectivity index (χ0v) is 14.4. The molecular formula is C19H19N3O4. The predicted octanol–water partition coefficient (Wildman–Crippen LogP) is 2.92. The van der Waals surface area contributed by atoms with Crippen molar-refractivity contribution in [2.24, 2.45) is 0 Å². The van der Waals surface area contributed by atoms with Crippen LogP contribution < -0.4 is 9.47 Å². The summed E-state index contributed by atoms with van der Waals surface area (Å²) in [6, 6.07) is 9.29. The van der Waals surface area contributed by atoms with Crippen molar-refractivity contribution in [2.45, 2.75) is 18.9 Å². The molecule has 26 heavy (non-hydrogen) atoms. The van der Waals surface area contributed by atoms with Gasteiger partial charge in [0, 0.05) is 24.3 Å². The number of methoxy groups -OCH3 is 1. The number of furan rings is 1. The van der Waals surface area contributed by atoms with Gasteiger partial charge in [0.25, 0.3) is 5.91 Å². The van der Waals surface area contributed by atoms with Crippen molar-refractivity contribution in [2.75, 3.05) is 20.2 Å². The van der Waals surface area contributed by atoms with Gasteiger partial charge in [0.2, 0.25) is 0 Å². The van der Waals surface area contributed by atoms with Crippen molar-refractivity contribution >= 4 is 16.9 Å². The first kappa shape index (κ1) is 16.4. The second-order valence-corrected chi connectivity index (χ2v) is 6.18. The number of ether oxygens (including phenoxy) is 2. The van der Waals surface area contributed by atoms with E-state index in [1.165, 1.54) is 0 Å². The SMILES string of the molecule is COc1ccc2oc(C(=O)N3CCCC(Oc4ncccn4)C3)cc2c1. The number of carbonyl (C=O) groups is 1. The minimum absolute atomic E-state index is 0.125. The summed E-state index contributed by atoms with van der Waals surface area (Å²) in [5, 5.41) is 0.843. The molecule has 134 valence electrons. The lowest BCUT2D eigenvalue weighted by Crippen LogP contribution is -2.44. The van der Waals surface area contributed by atoms with Crippen LogP contribution in [0, 0.1) is 0 Å². The second-order valence-electron chi connectivity index (χ2n) is 6.18. The molecule has 1 amide bonds. The van der Waals surface area contributed by atoms with Crippen LogP contribution in [-0.2, 0) is 0 Å². The smallest absolute Gasteiger partial charge is 0.316 e. The predicted molar refractivity (Wildman–Crippen MR) is 94.4 cm³/mol. The van der Waals surface area contributed by atoms with Gasteiger partial charge < -0.3 is 18.8 Å². The van der Waals surface area contributed by atoms with E-state index in [2.05, 4.69) is 9.97 Å². The number of fused-ring (bicyclic) bond motifs is 1. The molecule has 1 aromatic carbocycles. The number of rotatable bonds is 4. The van der Waals surface area contributed by atoms with E-state index in [0.717, 1.165) is 24.0 Å². The molecule has 7 nitrogen and oxygen atoms in total. The number of hydrogen-bond donors (Lipinski definition) is 0. The lowest BCUT2D eigenvalue weighted by Gasteiger charge is -2.31. The highest BCUT2D eigenvalue weighted by Crippen LogP contribution is 2.26. The first-order valence-electron chi connectivity index (χ1n) is 8.53. The first-order valence-corrected chi connectivity index (χ1v) is 8.53. The van der Waals surface area contributed by atoms with Gasteiger partial charge in [0.1, 0.15) is 17.4 Å². The Morgan fingerprint density at radius 3 is 2.92 bits per heavy atom. The molecule has 3 aromatic rings. The van der Waals surface area contributed by atoms with E-state index in [0.29, 0.717) is 30.4 Å². The first-order chi connectivity index (χ1) is 12.7. The van der Waals surface area contributed by atoms with Crippen molar-refractivity contribution in [3.8, 4) is 11.8 Å². The molecule has 1 fully saturated rings. The third kappa shape index (κ3) is 3.33. The molecule has 0 aliphatic carbocycles. The lowest BCUT2D eigenvalue weighted by molar-refractivity contribution is 0.0491. The van der Waals surface area contributed by atoms with E-state index in [1.54, 1.807) is 42.6 Å². The molecule has 0 bridgehead atoms. The van der Waals surface area contributed by atoms with Crippen molar-refractivity contribution < 1.29 is 18.7 Å². The monoisotopic (exact) mass is 353 g/mol. The Bertz CT molecular complexity index is 910. The molecule has 0 radical (unpaired) electrons. The number of hydrogen-bond acceptors (Lipinski definition) is 6. The van der Waals surface area contributed by atoms with Gasteiger partial charge in [-0.05, 0) is 43.2 Å². The summed E-state index contributed by atoms with van der Waals surface area (Å²) in [4.78, 5) is 22.7. The van der Waals surface area contributed by atoms with Crippen LogP contribution in [0.15, 0.2) is 47.1 Å². The van der Waals surface area contributed by atoms with Crippen molar-refractivity contribution in [3.05, 3.63) is 48.5 Å². The summed E-state index contributed by atoms with van der Waals surface area (Å²) in [6.07, 6.45) is 4.86. The molecule has 3 heterocycles. The Morgan fingerprint density at radius 1 is 1.27 bits per heavy atom. The molecule has 0 N–H and O–H groups in total. The van der Waals surface area contributed by atoms with Crippen molar-refractivity contribution in [3.63, 3.8) is 0 Å². The Balaban J connectivity index is 1.48. The molecule has 2 aromatic heterocycles. The number of carbonyl (C=O) groups excluding carboxylic acids is 1. The van der Waals surface area contributed by atoms with Crippen molar-refractivity contribution in [1.29, 1.82) is 0 Å². The highest BCUT2D eigenvalue weighted by atomic mass is 16.5. The van der Waals surface area contributed by atoms with Crippen LogP contribution in [0.3, 0.4) is 0 Å². The summed E-state index contributed by atoms with van der Waals surface area (Å²) >= 11 is 0. The van der Waals surface area contributed by atoms with Crippen LogP contribution in [0.25, 0.3) is 11.0 Å². The quantitative estimate of drug-likeness (QED) is 0.718. The molecule has 1 unspecified atom stereocenters. The molecule has 0 saturated carbocycles. The third-order valence-electron chi connectivity index (χ3n) is 4.41. The molecule has 1 saturated heterocycles. The molecular weight excluding hydrogens is 334 g/mol. The average molecular weight is 353 g/mol. The molecule has 0 spiro atoms. The van der Waals surface area contributed by atoms with Gasteiger partial charge >= 0.3 is 6.01 Å². The second kappa shape index (κ2) is 7.03. The van der Waals surface area contributed by atoms with Gasteiger partial charge in [-0.25, -0.2) is 9.97 Å². The van der Waals surface area contributed by atoms with E-state index in [1.807, 2.05) is 12.1 Å². The fourth-order valence-corrected chi connectivity index (χ4v) is 3.12. The number of piperidine rings is 1. The summed E-state index contributed by atoms with van der Waals surface area (Å²) in [6.45, 7) is 1.16. The van der Waals surface area contributed by atoms with Crippen LogP contribution in [0.4, 0.5) is 0 Å². The van der Waals surface area contributed by atoms with E-state index >= 15 is 0 Å². The van der Waals surface area contributed by atoms with Crippen LogP contribution in [0.2, 0.25) is 0 Å². The van der Waals surface area contributed by atoms with E-state index < -0.39 is 0 Å². The largest absolute Gasteiger partial charge is 0.497 e. The number of amides is 1. The number of benzene rings is 1. The van der Waals surface area contributed by atoms with Gasteiger partial charge in [0.15, 0.2) is 5.76 Å². The van der Waals surface area contributed by atoms with Crippen LogP contribution in [0.5, 0.6) is 11.8 Å². The number of aromatic nitrogens is 2. The summed E-state index contributed by atoms with van der Waals surface area (Å²) < 4.78 is 16.7. The highest BCUT2D eigenvalue weighted by Gasteiger charge is 2.28. The minimum atomic E-state index is -0.137. The number of likely N-dealkylation sites (tertiary alicyclic amines) is 1. The van der Waals surface area contributed by atoms with Crippen LogP contribution >= 0.6 is 0 Å². The zero-order chi connectivity index (χ0) is 17.9. The minimum Gasteiger partial charge on any atom is -0.497 e. The third-order valence-corrected chi connectivity index (χ3v) is 4.41. The van der Waals surface area contributed by atoms with Gasteiger partial charge in [-0.15, -0.1) is 0 Å². The molecule has 1 atom stereocenters. The van der Waals surface area contributed by atoms with Crippen LogP contribution in [0.1, 0.15) is 23.4 Å². The number of nitrogens with zero attached hydrogens (tertiary/aromatic N) is 3. The molecule has 1 aliphatic rings. The van der Waals surface area contributed by atoms with Gasteiger partial charge in [-0.1, -0.05) is 0 Å². The Kier molecular flexibility index (Phi) is 4.43. The maximum atomic E-state index is 12.8. The fraction of sp³-hybridized carbons (Fsp3) is 0.316. The summed E-state index contributed by atoms with van der Waals surface area (Å²) in [5.41, 5.74) is 0.664. The normalized spacial score (nSPS) is 17.3. The Labute approximate surface area is 150 Å². The maximum Gasteiger partial charge on any atom is 0.316 e. The zero-order valence-electron chi connectivity index (χ0n) is 14.4. The van der Waals surface area contributed by atoms with E-state index in [-0.39, 0.29) is 12.0 Å². The van der Waals surface area contributed by atoms with Gasteiger partial charge in [-0.2, -0.15) is 0 Å². The van der Waals surface area contributed by atoms with Crippen LogP contribution in [-0.4, -0.2) is 47.1 Å². The van der Waals surface area contributed by atoms with E-state index in [4.69, 9.17) is 13.9 Å². The van der Waals surface area contributed by atoms with Gasteiger partial charge in [0.05, 0.1) is 13.7 Å².